The minimum Gasteiger partial charge on any atom is -0.469 e. The molecule has 22 heavy (non-hydrogen) atoms. The summed E-state index contributed by atoms with van der Waals surface area (Å²) in [5.74, 6) is -0.0990. The molecule has 0 fully saturated rings. The summed E-state index contributed by atoms with van der Waals surface area (Å²) in [6.07, 6.45) is 10.9. The van der Waals surface area contributed by atoms with Crippen molar-refractivity contribution in [1.29, 1.82) is 0 Å². The Hall–Kier alpha value is -0.650. The molecule has 0 saturated heterocycles. The van der Waals surface area contributed by atoms with Crippen molar-refractivity contribution in [3.63, 3.8) is 0 Å². The zero-order chi connectivity index (χ0) is 16.5. The number of esters is 1. The topological polar surface area (TPSA) is 65.0 Å². The van der Waals surface area contributed by atoms with E-state index >= 15 is 0 Å². The van der Waals surface area contributed by atoms with Gasteiger partial charge in [-0.1, -0.05) is 44.9 Å². The van der Waals surface area contributed by atoms with E-state index in [-0.39, 0.29) is 18.7 Å². The number of carbonyl (C=O) groups excluding carboxylic acids is 1. The van der Waals surface area contributed by atoms with Gasteiger partial charge in [0.25, 0.3) is 0 Å². The predicted octanol–water partition coefficient (Wildman–Crippen LogP) is 3.08. The average molecular weight is 318 g/mol. The van der Waals surface area contributed by atoms with Gasteiger partial charge in [-0.25, -0.2) is 0 Å². The molecule has 0 aliphatic carbocycles. The van der Waals surface area contributed by atoms with E-state index < -0.39 is 0 Å². The molecule has 5 heteroatoms. The van der Waals surface area contributed by atoms with Gasteiger partial charge in [-0.15, -0.1) is 0 Å². The molecule has 0 aromatic rings. The highest BCUT2D eigenvalue weighted by Crippen LogP contribution is 2.11. The van der Waals surface area contributed by atoms with Gasteiger partial charge in [0.05, 0.1) is 20.3 Å². The fourth-order valence-corrected chi connectivity index (χ4v) is 2.22. The van der Waals surface area contributed by atoms with Crippen molar-refractivity contribution in [3.8, 4) is 0 Å². The molecule has 1 N–H and O–H groups in total. The molecule has 0 aliphatic rings. The SMILES string of the molecule is COC(=O)CCCCCCCCCCCOC[C@H](CO)OC. The second kappa shape index (κ2) is 16.7. The van der Waals surface area contributed by atoms with Gasteiger partial charge in [-0.2, -0.15) is 0 Å². The summed E-state index contributed by atoms with van der Waals surface area (Å²) >= 11 is 0. The largest absolute Gasteiger partial charge is 0.469 e. The fraction of sp³-hybridized carbons (Fsp3) is 0.941. The van der Waals surface area contributed by atoms with Gasteiger partial charge in [0.2, 0.25) is 0 Å². The maximum atomic E-state index is 10.9. The first-order valence-electron chi connectivity index (χ1n) is 8.52. The third-order valence-corrected chi connectivity index (χ3v) is 3.74. The Morgan fingerprint density at radius 2 is 1.45 bits per heavy atom. The zero-order valence-corrected chi connectivity index (χ0v) is 14.3. The van der Waals surface area contributed by atoms with E-state index in [2.05, 4.69) is 4.74 Å². The summed E-state index contributed by atoms with van der Waals surface area (Å²) in [6, 6.07) is 0. The fourth-order valence-electron chi connectivity index (χ4n) is 2.22. The van der Waals surface area contributed by atoms with Crippen molar-refractivity contribution in [2.24, 2.45) is 0 Å². The van der Waals surface area contributed by atoms with E-state index in [4.69, 9.17) is 14.6 Å². The number of unbranched alkanes of at least 4 members (excludes halogenated alkanes) is 8. The van der Waals surface area contributed by atoms with Crippen LogP contribution >= 0.6 is 0 Å². The van der Waals surface area contributed by atoms with E-state index in [1.165, 1.54) is 45.6 Å². The van der Waals surface area contributed by atoms with Crippen LogP contribution in [0.25, 0.3) is 0 Å². The number of rotatable bonds is 16. The smallest absolute Gasteiger partial charge is 0.305 e. The quantitative estimate of drug-likeness (QED) is 0.350. The maximum Gasteiger partial charge on any atom is 0.305 e. The van der Waals surface area contributed by atoms with Crippen LogP contribution in [0.1, 0.15) is 64.2 Å². The van der Waals surface area contributed by atoms with Gasteiger partial charge in [0.15, 0.2) is 0 Å². The lowest BCUT2D eigenvalue weighted by Gasteiger charge is -2.12. The minimum atomic E-state index is -0.195. The Labute approximate surface area is 135 Å². The minimum absolute atomic E-state index is 0.0100. The van der Waals surface area contributed by atoms with E-state index in [0.29, 0.717) is 13.0 Å². The van der Waals surface area contributed by atoms with Crippen LogP contribution in [0.4, 0.5) is 0 Å². The van der Waals surface area contributed by atoms with Crippen molar-refractivity contribution < 1.29 is 24.1 Å². The average Bonchev–Trinajstić information content (AvgIpc) is 2.55. The molecule has 0 unspecified atom stereocenters. The molecule has 0 saturated carbocycles. The molecule has 0 amide bonds. The summed E-state index contributed by atoms with van der Waals surface area (Å²) < 4.78 is 15.1. The van der Waals surface area contributed by atoms with Crippen LogP contribution in [0.5, 0.6) is 0 Å². The van der Waals surface area contributed by atoms with E-state index in [1.807, 2.05) is 0 Å². The number of ether oxygens (including phenoxy) is 3. The molecule has 1 atom stereocenters. The highest BCUT2D eigenvalue weighted by Gasteiger charge is 2.04. The van der Waals surface area contributed by atoms with Crippen LogP contribution in [-0.4, -0.2) is 51.2 Å². The first-order chi connectivity index (χ1) is 10.7. The highest BCUT2D eigenvalue weighted by atomic mass is 16.5. The molecule has 0 aliphatic heterocycles. The Morgan fingerprint density at radius 3 is 1.95 bits per heavy atom. The van der Waals surface area contributed by atoms with Crippen molar-refractivity contribution >= 4 is 5.97 Å². The normalized spacial score (nSPS) is 12.3. The number of carbonyl (C=O) groups is 1. The van der Waals surface area contributed by atoms with Gasteiger partial charge < -0.3 is 19.3 Å². The van der Waals surface area contributed by atoms with Crippen LogP contribution in [-0.2, 0) is 19.0 Å². The molecule has 0 rings (SSSR count). The first-order valence-corrected chi connectivity index (χ1v) is 8.52. The van der Waals surface area contributed by atoms with Gasteiger partial charge >= 0.3 is 5.97 Å². The lowest BCUT2D eigenvalue weighted by Crippen LogP contribution is -2.22. The lowest BCUT2D eigenvalue weighted by atomic mass is 10.1. The molecule has 0 aromatic heterocycles. The van der Waals surface area contributed by atoms with Gasteiger partial charge in [0, 0.05) is 20.1 Å². The van der Waals surface area contributed by atoms with Crippen molar-refractivity contribution in [2.45, 2.75) is 70.3 Å². The molecule has 0 aromatic carbocycles. The van der Waals surface area contributed by atoms with Gasteiger partial charge in [0.1, 0.15) is 6.10 Å². The van der Waals surface area contributed by atoms with Crippen molar-refractivity contribution in [1.82, 2.24) is 0 Å². The molecule has 132 valence electrons. The Kier molecular flexibility index (Phi) is 16.2. The van der Waals surface area contributed by atoms with Crippen LogP contribution in [0.2, 0.25) is 0 Å². The lowest BCUT2D eigenvalue weighted by molar-refractivity contribution is -0.140. The van der Waals surface area contributed by atoms with Gasteiger partial charge in [-0.3, -0.25) is 4.79 Å². The molecule has 5 nitrogen and oxygen atoms in total. The Morgan fingerprint density at radius 1 is 0.909 bits per heavy atom. The molecule has 0 bridgehead atoms. The van der Waals surface area contributed by atoms with Crippen LogP contribution in [0.3, 0.4) is 0 Å². The predicted molar refractivity (Wildman–Crippen MR) is 86.9 cm³/mol. The number of hydrogen-bond acceptors (Lipinski definition) is 5. The van der Waals surface area contributed by atoms with Crippen LogP contribution < -0.4 is 0 Å². The Balaban J connectivity index is 3.10. The first kappa shape index (κ1) is 21.4. The molecule has 0 heterocycles. The van der Waals surface area contributed by atoms with Crippen LogP contribution in [0.15, 0.2) is 0 Å². The van der Waals surface area contributed by atoms with Crippen molar-refractivity contribution in [2.75, 3.05) is 34.0 Å². The van der Waals surface area contributed by atoms with Gasteiger partial charge in [-0.05, 0) is 12.8 Å². The monoisotopic (exact) mass is 318 g/mol. The summed E-state index contributed by atoms with van der Waals surface area (Å²) in [5, 5.41) is 8.92. The van der Waals surface area contributed by atoms with E-state index in [9.17, 15) is 4.79 Å². The number of aliphatic hydroxyl groups is 1. The number of hydrogen-bond donors (Lipinski definition) is 1. The third-order valence-electron chi connectivity index (χ3n) is 3.74. The number of aliphatic hydroxyl groups excluding tert-OH is 1. The van der Waals surface area contributed by atoms with E-state index in [1.54, 1.807) is 7.11 Å². The standard InChI is InChI=1S/C17H34O5/c1-20-16(14-18)15-22-13-11-9-7-5-3-4-6-8-10-12-17(19)21-2/h16,18H,3-15H2,1-2H3/t16-/m0/s1. The molecular formula is C17H34O5. The summed E-state index contributed by atoms with van der Waals surface area (Å²) in [5.41, 5.74) is 0. The van der Waals surface area contributed by atoms with Crippen LogP contribution in [0, 0.1) is 0 Å². The molecular weight excluding hydrogens is 284 g/mol. The highest BCUT2D eigenvalue weighted by molar-refractivity contribution is 5.68. The maximum absolute atomic E-state index is 10.9. The summed E-state index contributed by atoms with van der Waals surface area (Å²) in [7, 11) is 3.02. The molecule has 0 spiro atoms. The van der Waals surface area contributed by atoms with E-state index in [0.717, 1.165) is 25.9 Å². The second-order valence-electron chi connectivity index (χ2n) is 5.62. The zero-order valence-electron chi connectivity index (χ0n) is 14.3. The number of methoxy groups -OCH3 is 2. The second-order valence-corrected chi connectivity index (χ2v) is 5.62. The molecule has 0 radical (unpaired) electrons. The summed E-state index contributed by atoms with van der Waals surface area (Å²) in [6.45, 7) is 1.22. The third kappa shape index (κ3) is 14.3. The summed E-state index contributed by atoms with van der Waals surface area (Å²) in [4.78, 5) is 10.9. The Bertz CT molecular complexity index is 241. The van der Waals surface area contributed by atoms with Crippen molar-refractivity contribution in [3.05, 3.63) is 0 Å².